The van der Waals surface area contributed by atoms with E-state index in [1.165, 1.54) is 4.90 Å². The molecule has 0 bridgehead atoms. The van der Waals surface area contributed by atoms with Crippen LogP contribution in [0.4, 0.5) is 4.79 Å². The summed E-state index contributed by atoms with van der Waals surface area (Å²) in [5.74, 6) is 1.25. The number of carbonyl (C=O) groups excluding carboxylic acids is 1. The van der Waals surface area contributed by atoms with Gasteiger partial charge in [0.25, 0.3) is 0 Å². The van der Waals surface area contributed by atoms with Gasteiger partial charge in [-0.3, -0.25) is 0 Å². The largest absolute Gasteiger partial charge is 0.459 e. The Balaban J connectivity index is 1.67. The predicted octanol–water partition coefficient (Wildman–Crippen LogP) is 4.06. The third-order valence-corrected chi connectivity index (χ3v) is 3.13. The fourth-order valence-electron chi connectivity index (χ4n) is 2.08. The second kappa shape index (κ2) is 5.71. The number of hydrogen-bond donors (Lipinski definition) is 0. The van der Waals surface area contributed by atoms with E-state index < -0.39 is 6.09 Å². The smallest absolute Gasteiger partial charge is 0.415 e. The molecular formula is C17H15NO3. The standard InChI is InChI=1S/C17H15NO3/c1-18(17(19)21-14-8-3-2-4-9-14)12-15-11-13-7-5-6-10-16(13)20-15/h2-11H,12H2,1H3. The molecule has 2 aromatic carbocycles. The molecule has 1 aromatic heterocycles. The highest BCUT2D eigenvalue weighted by atomic mass is 16.6. The van der Waals surface area contributed by atoms with E-state index in [2.05, 4.69) is 0 Å². The lowest BCUT2D eigenvalue weighted by atomic mass is 10.2. The van der Waals surface area contributed by atoms with Crippen LogP contribution in [0.5, 0.6) is 5.75 Å². The number of nitrogens with zero attached hydrogens (tertiary/aromatic N) is 1. The number of carbonyl (C=O) groups is 1. The fraction of sp³-hybridized carbons (Fsp3) is 0.118. The lowest BCUT2D eigenvalue weighted by Crippen LogP contribution is -2.28. The molecule has 0 radical (unpaired) electrons. The Morgan fingerprint density at radius 2 is 1.81 bits per heavy atom. The van der Waals surface area contributed by atoms with Crippen LogP contribution in [0.2, 0.25) is 0 Å². The number of fused-ring (bicyclic) bond motifs is 1. The molecule has 0 aliphatic heterocycles. The average molecular weight is 281 g/mol. The zero-order valence-corrected chi connectivity index (χ0v) is 11.7. The quantitative estimate of drug-likeness (QED) is 0.727. The van der Waals surface area contributed by atoms with Gasteiger partial charge in [-0.05, 0) is 24.3 Å². The maximum atomic E-state index is 12.0. The number of furan rings is 1. The monoisotopic (exact) mass is 281 g/mol. The number of hydrogen-bond acceptors (Lipinski definition) is 3. The van der Waals surface area contributed by atoms with Gasteiger partial charge in [0.15, 0.2) is 0 Å². The second-order valence-electron chi connectivity index (χ2n) is 4.79. The number of rotatable bonds is 3. The topological polar surface area (TPSA) is 42.7 Å². The van der Waals surface area contributed by atoms with Crippen LogP contribution in [-0.2, 0) is 6.54 Å². The van der Waals surface area contributed by atoms with Crippen molar-refractivity contribution in [2.75, 3.05) is 7.05 Å². The summed E-state index contributed by atoms with van der Waals surface area (Å²) in [5.41, 5.74) is 0.817. The molecular weight excluding hydrogens is 266 g/mol. The van der Waals surface area contributed by atoms with Gasteiger partial charge >= 0.3 is 6.09 Å². The van der Waals surface area contributed by atoms with Gasteiger partial charge in [-0.2, -0.15) is 0 Å². The van der Waals surface area contributed by atoms with Crippen LogP contribution < -0.4 is 4.74 Å². The van der Waals surface area contributed by atoms with Gasteiger partial charge in [0.1, 0.15) is 17.1 Å². The Morgan fingerprint density at radius 1 is 1.10 bits per heavy atom. The molecule has 4 heteroatoms. The highest BCUT2D eigenvalue weighted by Crippen LogP contribution is 2.20. The van der Waals surface area contributed by atoms with E-state index in [4.69, 9.17) is 9.15 Å². The van der Waals surface area contributed by atoms with E-state index in [0.29, 0.717) is 12.3 Å². The molecule has 0 saturated carbocycles. The molecule has 0 aliphatic rings. The normalized spacial score (nSPS) is 10.5. The first-order chi connectivity index (χ1) is 10.2. The highest BCUT2D eigenvalue weighted by Gasteiger charge is 2.14. The highest BCUT2D eigenvalue weighted by molar-refractivity contribution is 5.78. The summed E-state index contributed by atoms with van der Waals surface area (Å²) in [6.07, 6.45) is -0.415. The molecule has 0 unspecified atom stereocenters. The molecule has 3 aromatic rings. The Morgan fingerprint density at radius 3 is 2.57 bits per heavy atom. The van der Waals surface area contributed by atoms with Crippen LogP contribution in [0.25, 0.3) is 11.0 Å². The van der Waals surface area contributed by atoms with E-state index in [0.717, 1.165) is 16.7 Å². The van der Waals surface area contributed by atoms with E-state index in [1.807, 2.05) is 48.5 Å². The second-order valence-corrected chi connectivity index (χ2v) is 4.79. The van der Waals surface area contributed by atoms with Crippen LogP contribution >= 0.6 is 0 Å². The Kier molecular flexibility index (Phi) is 3.60. The van der Waals surface area contributed by atoms with Crippen molar-refractivity contribution in [3.63, 3.8) is 0 Å². The van der Waals surface area contributed by atoms with Crippen molar-refractivity contribution < 1.29 is 13.9 Å². The zero-order chi connectivity index (χ0) is 14.7. The molecule has 3 rings (SSSR count). The van der Waals surface area contributed by atoms with Crippen molar-refractivity contribution in [3.8, 4) is 5.75 Å². The third-order valence-electron chi connectivity index (χ3n) is 3.13. The first-order valence-electron chi connectivity index (χ1n) is 6.68. The first kappa shape index (κ1) is 13.2. The van der Waals surface area contributed by atoms with Gasteiger partial charge in [-0.1, -0.05) is 36.4 Å². The molecule has 0 N–H and O–H groups in total. The number of benzene rings is 2. The summed E-state index contributed by atoms with van der Waals surface area (Å²) < 4.78 is 11.0. The van der Waals surface area contributed by atoms with Crippen molar-refractivity contribution in [2.45, 2.75) is 6.54 Å². The molecule has 1 heterocycles. The van der Waals surface area contributed by atoms with E-state index in [9.17, 15) is 4.79 Å². The molecule has 0 spiro atoms. The summed E-state index contributed by atoms with van der Waals surface area (Å²) in [6.45, 7) is 0.361. The molecule has 4 nitrogen and oxygen atoms in total. The lowest BCUT2D eigenvalue weighted by Gasteiger charge is -2.15. The van der Waals surface area contributed by atoms with Gasteiger partial charge in [0.05, 0.1) is 6.54 Å². The van der Waals surface area contributed by atoms with Crippen molar-refractivity contribution in [3.05, 3.63) is 66.4 Å². The molecule has 0 saturated heterocycles. The van der Waals surface area contributed by atoms with Gasteiger partial charge in [-0.15, -0.1) is 0 Å². The van der Waals surface area contributed by atoms with Crippen LogP contribution in [0, 0.1) is 0 Å². The van der Waals surface area contributed by atoms with Gasteiger partial charge in [0.2, 0.25) is 0 Å². The molecule has 0 fully saturated rings. The summed E-state index contributed by atoms with van der Waals surface area (Å²) in [6, 6.07) is 18.7. The van der Waals surface area contributed by atoms with Crippen molar-refractivity contribution in [2.24, 2.45) is 0 Å². The van der Waals surface area contributed by atoms with Crippen LogP contribution in [0.15, 0.2) is 65.1 Å². The van der Waals surface area contributed by atoms with E-state index >= 15 is 0 Å². The summed E-state index contributed by atoms with van der Waals surface area (Å²) in [7, 11) is 1.68. The number of amides is 1. The SMILES string of the molecule is CN(Cc1cc2ccccc2o1)C(=O)Oc1ccccc1. The van der Waals surface area contributed by atoms with Crippen molar-refractivity contribution in [1.82, 2.24) is 4.90 Å². The summed E-state index contributed by atoms with van der Waals surface area (Å²) in [4.78, 5) is 13.5. The predicted molar refractivity (Wildman–Crippen MR) is 80.1 cm³/mol. The number of ether oxygens (including phenoxy) is 1. The Hall–Kier alpha value is -2.75. The summed E-state index contributed by atoms with van der Waals surface area (Å²) >= 11 is 0. The first-order valence-corrected chi connectivity index (χ1v) is 6.68. The maximum absolute atomic E-state index is 12.0. The lowest BCUT2D eigenvalue weighted by molar-refractivity contribution is 0.158. The van der Waals surface area contributed by atoms with Crippen molar-refractivity contribution >= 4 is 17.1 Å². The Bertz CT molecular complexity index is 716. The molecule has 0 atom stereocenters. The molecule has 106 valence electrons. The zero-order valence-electron chi connectivity index (χ0n) is 11.7. The van der Waals surface area contributed by atoms with Gasteiger partial charge in [0, 0.05) is 12.4 Å². The van der Waals surface area contributed by atoms with Gasteiger partial charge in [-0.25, -0.2) is 4.79 Å². The fourth-order valence-corrected chi connectivity index (χ4v) is 2.08. The third kappa shape index (κ3) is 3.05. The molecule has 0 aliphatic carbocycles. The van der Waals surface area contributed by atoms with Crippen LogP contribution in [0.1, 0.15) is 5.76 Å². The molecule has 21 heavy (non-hydrogen) atoms. The number of para-hydroxylation sites is 2. The van der Waals surface area contributed by atoms with Crippen molar-refractivity contribution in [1.29, 1.82) is 0 Å². The van der Waals surface area contributed by atoms with E-state index in [-0.39, 0.29) is 0 Å². The summed E-state index contributed by atoms with van der Waals surface area (Å²) in [5, 5.41) is 1.03. The molecule has 1 amide bonds. The van der Waals surface area contributed by atoms with Crippen LogP contribution in [-0.4, -0.2) is 18.0 Å². The minimum Gasteiger partial charge on any atom is -0.459 e. The minimum absolute atomic E-state index is 0.361. The maximum Gasteiger partial charge on any atom is 0.415 e. The minimum atomic E-state index is -0.415. The average Bonchev–Trinajstić information content (AvgIpc) is 2.90. The van der Waals surface area contributed by atoms with Crippen LogP contribution in [0.3, 0.4) is 0 Å². The van der Waals surface area contributed by atoms with Gasteiger partial charge < -0.3 is 14.1 Å². The Labute approximate surface area is 122 Å². The van der Waals surface area contributed by atoms with E-state index in [1.54, 1.807) is 19.2 Å².